The molecule has 0 N–H and O–H groups in total. The summed E-state index contributed by atoms with van der Waals surface area (Å²) in [5.74, 6) is -2.19. The minimum absolute atomic E-state index is 0.140. The number of benzene rings is 2. The lowest BCUT2D eigenvalue weighted by Gasteiger charge is -2.25. The number of nitrogens with zero attached hydrogens (tertiary/aromatic N) is 2. The molecular weight excluding hydrogens is 332 g/mol. The molecule has 1 saturated heterocycles. The summed E-state index contributed by atoms with van der Waals surface area (Å²) in [7, 11) is 1.95. The van der Waals surface area contributed by atoms with Crippen LogP contribution in [-0.2, 0) is 9.63 Å². The number of likely N-dealkylation sites (tertiary alicyclic amines) is 1. The first-order valence-electron chi connectivity index (χ1n) is 8.52. The fourth-order valence-corrected chi connectivity index (χ4v) is 3.74. The summed E-state index contributed by atoms with van der Waals surface area (Å²) in [5.41, 5.74) is 1.53. The molecule has 1 fully saturated rings. The van der Waals surface area contributed by atoms with E-state index in [2.05, 4.69) is 4.90 Å². The highest BCUT2D eigenvalue weighted by molar-refractivity contribution is 6.20. The van der Waals surface area contributed by atoms with Crippen LogP contribution in [-0.4, -0.2) is 41.3 Å². The molecule has 2 aliphatic heterocycles. The van der Waals surface area contributed by atoms with E-state index in [0.717, 1.165) is 12.1 Å². The van der Waals surface area contributed by atoms with E-state index in [1.54, 1.807) is 24.3 Å². The predicted octanol–water partition coefficient (Wildman–Crippen LogP) is 2.43. The van der Waals surface area contributed by atoms with E-state index in [1.807, 2.05) is 37.4 Å². The molecule has 2 amide bonds. The second-order valence-corrected chi connectivity index (χ2v) is 6.59. The van der Waals surface area contributed by atoms with Crippen LogP contribution in [0, 0.1) is 5.92 Å². The van der Waals surface area contributed by atoms with Gasteiger partial charge in [0.05, 0.1) is 17.0 Å². The molecule has 6 nitrogen and oxygen atoms in total. The Balaban J connectivity index is 1.55. The summed E-state index contributed by atoms with van der Waals surface area (Å²) in [6, 6.07) is 16.0. The van der Waals surface area contributed by atoms with Crippen LogP contribution in [0.1, 0.15) is 38.7 Å². The molecule has 0 unspecified atom stereocenters. The van der Waals surface area contributed by atoms with E-state index in [0.29, 0.717) is 11.5 Å². The first-order valence-corrected chi connectivity index (χ1v) is 8.52. The van der Waals surface area contributed by atoms with Crippen molar-refractivity contribution in [2.75, 3.05) is 13.6 Å². The van der Waals surface area contributed by atoms with Gasteiger partial charge in [0.25, 0.3) is 11.8 Å². The lowest BCUT2D eigenvalue weighted by molar-refractivity contribution is -0.174. The molecule has 0 aromatic heterocycles. The number of imide groups is 1. The molecule has 2 aliphatic rings. The third-order valence-electron chi connectivity index (χ3n) is 5.03. The first kappa shape index (κ1) is 16.5. The zero-order valence-corrected chi connectivity index (χ0v) is 14.3. The van der Waals surface area contributed by atoms with Crippen LogP contribution in [0.4, 0.5) is 0 Å². The molecule has 0 saturated carbocycles. The molecule has 2 heterocycles. The van der Waals surface area contributed by atoms with Gasteiger partial charge in [-0.25, -0.2) is 4.79 Å². The van der Waals surface area contributed by atoms with Crippen LogP contribution in [0.2, 0.25) is 0 Å². The molecule has 0 spiro atoms. The lowest BCUT2D eigenvalue weighted by atomic mass is 9.94. The molecule has 4 rings (SSSR count). The Labute approximate surface area is 150 Å². The highest BCUT2D eigenvalue weighted by Gasteiger charge is 2.43. The Hall–Kier alpha value is -2.99. The fourth-order valence-electron chi connectivity index (χ4n) is 3.74. The zero-order chi connectivity index (χ0) is 18.3. The topological polar surface area (TPSA) is 66.9 Å². The van der Waals surface area contributed by atoms with Gasteiger partial charge in [0.1, 0.15) is 0 Å². The average Bonchev–Trinajstić information content (AvgIpc) is 3.16. The van der Waals surface area contributed by atoms with Crippen LogP contribution >= 0.6 is 0 Å². The Morgan fingerprint density at radius 2 is 1.54 bits per heavy atom. The van der Waals surface area contributed by atoms with E-state index < -0.39 is 23.7 Å². The van der Waals surface area contributed by atoms with Gasteiger partial charge in [-0.2, -0.15) is 0 Å². The Kier molecular flexibility index (Phi) is 4.05. The normalized spacial score (nSPS) is 22.6. The maximum Gasteiger partial charge on any atom is 0.338 e. The molecule has 6 heteroatoms. The molecule has 0 aliphatic carbocycles. The number of hydrogen-bond donors (Lipinski definition) is 0. The maximum atomic E-state index is 12.8. The van der Waals surface area contributed by atoms with Gasteiger partial charge in [-0.1, -0.05) is 47.5 Å². The second-order valence-electron chi connectivity index (χ2n) is 6.59. The van der Waals surface area contributed by atoms with Gasteiger partial charge in [0.2, 0.25) is 0 Å². The van der Waals surface area contributed by atoms with Crippen molar-refractivity contribution in [2.45, 2.75) is 12.5 Å². The molecule has 0 radical (unpaired) electrons. The SMILES string of the molecule is CN1CC[C@H](C(=O)ON2C(=O)c3ccccc3C2=O)[C@@H]1c1ccccc1. The monoisotopic (exact) mass is 350 g/mol. The minimum atomic E-state index is -0.596. The largest absolute Gasteiger partial charge is 0.338 e. The van der Waals surface area contributed by atoms with E-state index in [4.69, 9.17) is 4.84 Å². The summed E-state index contributed by atoms with van der Waals surface area (Å²) < 4.78 is 0. The van der Waals surface area contributed by atoms with Crippen LogP contribution in [0.15, 0.2) is 54.6 Å². The molecular formula is C20H18N2O4. The van der Waals surface area contributed by atoms with E-state index in [-0.39, 0.29) is 17.2 Å². The van der Waals surface area contributed by atoms with E-state index in [9.17, 15) is 14.4 Å². The lowest BCUT2D eigenvalue weighted by Crippen LogP contribution is -2.36. The van der Waals surface area contributed by atoms with Crippen molar-refractivity contribution >= 4 is 17.8 Å². The van der Waals surface area contributed by atoms with Crippen molar-refractivity contribution in [3.63, 3.8) is 0 Å². The van der Waals surface area contributed by atoms with E-state index >= 15 is 0 Å². The van der Waals surface area contributed by atoms with Crippen molar-refractivity contribution in [1.82, 2.24) is 9.96 Å². The van der Waals surface area contributed by atoms with Gasteiger partial charge in [-0.05, 0) is 37.7 Å². The maximum absolute atomic E-state index is 12.8. The molecule has 132 valence electrons. The zero-order valence-electron chi connectivity index (χ0n) is 14.3. The van der Waals surface area contributed by atoms with Crippen LogP contribution in [0.5, 0.6) is 0 Å². The highest BCUT2D eigenvalue weighted by Crippen LogP contribution is 2.37. The molecule has 2 atom stereocenters. The van der Waals surface area contributed by atoms with Gasteiger partial charge in [0.15, 0.2) is 0 Å². The van der Waals surface area contributed by atoms with E-state index in [1.165, 1.54) is 0 Å². The third-order valence-corrected chi connectivity index (χ3v) is 5.03. The summed E-state index contributed by atoms with van der Waals surface area (Å²) in [4.78, 5) is 44.9. The third kappa shape index (κ3) is 2.59. The number of carbonyl (C=O) groups is 3. The first-order chi connectivity index (χ1) is 12.6. The van der Waals surface area contributed by atoms with Crippen molar-refractivity contribution in [2.24, 2.45) is 5.92 Å². The average molecular weight is 350 g/mol. The highest BCUT2D eigenvalue weighted by atomic mass is 16.7. The second kappa shape index (κ2) is 6.38. The van der Waals surface area contributed by atoms with Crippen molar-refractivity contribution in [3.8, 4) is 0 Å². The minimum Gasteiger partial charge on any atom is -0.329 e. The van der Waals surface area contributed by atoms with Crippen LogP contribution in [0.3, 0.4) is 0 Å². The fraction of sp³-hybridized carbons (Fsp3) is 0.250. The molecule has 0 bridgehead atoms. The number of hydrogen-bond acceptors (Lipinski definition) is 5. The Morgan fingerprint density at radius 1 is 0.962 bits per heavy atom. The number of rotatable bonds is 3. The predicted molar refractivity (Wildman–Crippen MR) is 93.0 cm³/mol. The van der Waals surface area contributed by atoms with Gasteiger partial charge < -0.3 is 4.84 Å². The van der Waals surface area contributed by atoms with Gasteiger partial charge in [-0.15, -0.1) is 0 Å². The summed E-state index contributed by atoms with van der Waals surface area (Å²) >= 11 is 0. The van der Waals surface area contributed by atoms with Crippen molar-refractivity contribution in [3.05, 3.63) is 71.3 Å². The Bertz CT molecular complexity index is 845. The van der Waals surface area contributed by atoms with Crippen molar-refractivity contribution in [1.29, 1.82) is 0 Å². The number of carbonyl (C=O) groups excluding carboxylic acids is 3. The number of hydroxylamine groups is 2. The van der Waals surface area contributed by atoms with Gasteiger partial charge in [0, 0.05) is 6.04 Å². The molecule has 2 aromatic rings. The van der Waals surface area contributed by atoms with Gasteiger partial charge in [-0.3, -0.25) is 14.5 Å². The smallest absolute Gasteiger partial charge is 0.329 e. The quantitative estimate of drug-likeness (QED) is 0.796. The number of fused-ring (bicyclic) bond motifs is 1. The molecule has 26 heavy (non-hydrogen) atoms. The van der Waals surface area contributed by atoms with Gasteiger partial charge >= 0.3 is 5.97 Å². The summed E-state index contributed by atoms with van der Waals surface area (Å²) in [6.07, 6.45) is 0.609. The van der Waals surface area contributed by atoms with Crippen LogP contribution < -0.4 is 0 Å². The summed E-state index contributed by atoms with van der Waals surface area (Å²) in [6.45, 7) is 0.738. The standard InChI is InChI=1S/C20H18N2O4/c1-21-12-11-16(17(21)13-7-3-2-4-8-13)20(25)26-22-18(23)14-9-5-6-10-15(14)19(22)24/h2-10,16-17H,11-12H2,1H3/t16-,17-/m0/s1. The van der Waals surface area contributed by atoms with Crippen LogP contribution in [0.25, 0.3) is 0 Å². The number of amides is 2. The van der Waals surface area contributed by atoms with Crippen molar-refractivity contribution < 1.29 is 19.2 Å². The summed E-state index contributed by atoms with van der Waals surface area (Å²) in [5, 5.41) is 0.591. The molecule has 2 aromatic carbocycles. The Morgan fingerprint density at radius 3 is 2.15 bits per heavy atom.